The molecule has 2 heteroatoms. The highest BCUT2D eigenvalue weighted by molar-refractivity contribution is 7.26. The molecule has 0 aliphatic carbocycles. The third-order valence-electron chi connectivity index (χ3n) is 11.7. The molecular formula is C58H39NS. The molecule has 0 aliphatic heterocycles. The molecule has 282 valence electrons. The van der Waals surface area contributed by atoms with E-state index in [9.17, 15) is 0 Å². The van der Waals surface area contributed by atoms with E-state index >= 15 is 0 Å². The van der Waals surface area contributed by atoms with Crippen molar-refractivity contribution in [2.45, 2.75) is 0 Å². The van der Waals surface area contributed by atoms with Crippen molar-refractivity contribution in [2.75, 3.05) is 4.90 Å². The molecule has 10 aromatic carbocycles. The number of rotatable bonds is 8. The lowest BCUT2D eigenvalue weighted by Crippen LogP contribution is -2.09. The second-order valence-electron chi connectivity index (χ2n) is 15.3. The zero-order chi connectivity index (χ0) is 39.8. The summed E-state index contributed by atoms with van der Waals surface area (Å²) in [6.07, 6.45) is 0. The normalized spacial score (nSPS) is 11.3. The van der Waals surface area contributed by atoms with Crippen molar-refractivity contribution in [1.82, 2.24) is 0 Å². The molecule has 60 heavy (non-hydrogen) atoms. The largest absolute Gasteiger partial charge is 0.311 e. The Morgan fingerprint density at radius 2 is 0.700 bits per heavy atom. The molecule has 1 heterocycles. The van der Waals surface area contributed by atoms with Crippen LogP contribution in [0.5, 0.6) is 0 Å². The highest BCUT2D eigenvalue weighted by Gasteiger charge is 2.16. The summed E-state index contributed by atoms with van der Waals surface area (Å²) in [7, 11) is 0. The van der Waals surface area contributed by atoms with Crippen LogP contribution in [0.1, 0.15) is 0 Å². The Labute approximate surface area is 354 Å². The molecule has 0 N–H and O–H groups in total. The Morgan fingerprint density at radius 1 is 0.267 bits per heavy atom. The SMILES string of the molecule is c1ccc(-c2cccc(-c3ccc(N(c4ccc(-c5cccc(-c6ccc7ccccc7c6)c5)cc4)c4ccc(-c5cccc6c5sc5ccccc56)cc4)cc3)c2)cc1. The summed E-state index contributed by atoms with van der Waals surface area (Å²) >= 11 is 1.88. The molecule has 0 saturated heterocycles. The summed E-state index contributed by atoms with van der Waals surface area (Å²) in [5, 5.41) is 5.15. The van der Waals surface area contributed by atoms with E-state index in [0.717, 1.165) is 17.1 Å². The number of hydrogen-bond donors (Lipinski definition) is 0. The van der Waals surface area contributed by atoms with Crippen molar-refractivity contribution in [3.63, 3.8) is 0 Å². The fourth-order valence-electron chi connectivity index (χ4n) is 8.57. The number of thiophene rings is 1. The van der Waals surface area contributed by atoms with Crippen LogP contribution in [0.4, 0.5) is 17.1 Å². The molecule has 11 rings (SSSR count). The van der Waals surface area contributed by atoms with Gasteiger partial charge in [0.25, 0.3) is 0 Å². The van der Waals surface area contributed by atoms with Crippen LogP contribution in [0.2, 0.25) is 0 Å². The second kappa shape index (κ2) is 15.3. The molecule has 0 radical (unpaired) electrons. The average molecular weight is 782 g/mol. The van der Waals surface area contributed by atoms with Crippen molar-refractivity contribution < 1.29 is 0 Å². The minimum absolute atomic E-state index is 1.10. The molecule has 0 amide bonds. The topological polar surface area (TPSA) is 3.24 Å². The lowest BCUT2D eigenvalue weighted by Gasteiger charge is -2.26. The predicted octanol–water partition coefficient (Wildman–Crippen LogP) is 17.0. The molecule has 0 unspecified atom stereocenters. The summed E-state index contributed by atoms with van der Waals surface area (Å²) in [6.45, 7) is 0. The minimum atomic E-state index is 1.10. The van der Waals surface area contributed by atoms with Crippen LogP contribution in [0.3, 0.4) is 0 Å². The molecule has 11 aromatic rings. The molecule has 1 aromatic heterocycles. The third-order valence-corrected chi connectivity index (χ3v) is 12.9. The number of hydrogen-bond acceptors (Lipinski definition) is 2. The molecule has 0 fully saturated rings. The summed E-state index contributed by atoms with van der Waals surface area (Å²) in [4.78, 5) is 2.36. The van der Waals surface area contributed by atoms with Gasteiger partial charge in [-0.05, 0) is 127 Å². The molecule has 1 nitrogen and oxygen atoms in total. The Morgan fingerprint density at radius 3 is 1.33 bits per heavy atom. The van der Waals surface area contributed by atoms with Gasteiger partial charge in [-0.15, -0.1) is 11.3 Å². The van der Waals surface area contributed by atoms with Crippen LogP contribution in [0.15, 0.2) is 237 Å². The van der Waals surface area contributed by atoms with Gasteiger partial charge in [0, 0.05) is 37.2 Å². The van der Waals surface area contributed by atoms with Crippen molar-refractivity contribution in [1.29, 1.82) is 0 Å². The molecule has 0 aliphatic rings. The maximum atomic E-state index is 2.36. The molecule has 0 bridgehead atoms. The maximum absolute atomic E-state index is 2.36. The van der Waals surface area contributed by atoms with Gasteiger partial charge in [0.15, 0.2) is 0 Å². The van der Waals surface area contributed by atoms with Gasteiger partial charge in [0.05, 0.1) is 0 Å². The molecule has 0 spiro atoms. The Bertz CT molecular complexity index is 3290. The lowest BCUT2D eigenvalue weighted by molar-refractivity contribution is 1.28. The van der Waals surface area contributed by atoms with E-state index in [1.807, 2.05) is 11.3 Å². The molecule has 0 atom stereocenters. The Balaban J connectivity index is 0.953. The van der Waals surface area contributed by atoms with E-state index in [1.165, 1.54) is 86.6 Å². The average Bonchev–Trinajstić information content (AvgIpc) is 3.72. The van der Waals surface area contributed by atoms with E-state index < -0.39 is 0 Å². The monoisotopic (exact) mass is 781 g/mol. The van der Waals surface area contributed by atoms with E-state index in [0.29, 0.717) is 0 Å². The lowest BCUT2D eigenvalue weighted by atomic mass is 9.97. The van der Waals surface area contributed by atoms with Crippen molar-refractivity contribution in [2.24, 2.45) is 0 Å². The summed E-state index contributed by atoms with van der Waals surface area (Å²) < 4.78 is 2.65. The first-order valence-electron chi connectivity index (χ1n) is 20.5. The molecular weight excluding hydrogens is 743 g/mol. The fourth-order valence-corrected chi connectivity index (χ4v) is 9.81. The van der Waals surface area contributed by atoms with E-state index in [2.05, 4.69) is 241 Å². The Kier molecular flexibility index (Phi) is 9.11. The van der Waals surface area contributed by atoms with Crippen LogP contribution in [0.25, 0.3) is 86.6 Å². The number of nitrogens with zero attached hydrogens (tertiary/aromatic N) is 1. The minimum Gasteiger partial charge on any atom is -0.311 e. The Hall–Kier alpha value is -7.52. The van der Waals surface area contributed by atoms with Crippen LogP contribution >= 0.6 is 11.3 Å². The number of anilines is 3. The fraction of sp³-hybridized carbons (Fsp3) is 0. The van der Waals surface area contributed by atoms with Gasteiger partial charge in [-0.1, -0.05) is 176 Å². The summed E-state index contributed by atoms with van der Waals surface area (Å²) in [5.41, 5.74) is 15.4. The maximum Gasteiger partial charge on any atom is 0.0462 e. The van der Waals surface area contributed by atoms with Gasteiger partial charge in [-0.2, -0.15) is 0 Å². The first-order chi connectivity index (χ1) is 29.7. The smallest absolute Gasteiger partial charge is 0.0462 e. The van der Waals surface area contributed by atoms with Gasteiger partial charge in [-0.3, -0.25) is 0 Å². The van der Waals surface area contributed by atoms with E-state index in [4.69, 9.17) is 0 Å². The van der Waals surface area contributed by atoms with Crippen molar-refractivity contribution >= 4 is 59.3 Å². The van der Waals surface area contributed by atoms with Crippen molar-refractivity contribution in [3.8, 4) is 55.6 Å². The first kappa shape index (κ1) is 35.6. The highest BCUT2D eigenvalue weighted by atomic mass is 32.1. The zero-order valence-corrected chi connectivity index (χ0v) is 33.7. The van der Waals surface area contributed by atoms with Crippen LogP contribution in [-0.4, -0.2) is 0 Å². The number of benzene rings is 10. The first-order valence-corrected chi connectivity index (χ1v) is 21.3. The van der Waals surface area contributed by atoms with Gasteiger partial charge in [0.1, 0.15) is 0 Å². The standard InChI is InChI=1S/C58H39NS/c1-2-11-40(12-3-1)46-15-8-16-47(37-46)42-25-31-51(32-26-42)59(53-35-29-44(30-36-53)54-20-10-21-56-55-19-6-7-22-57(55)60-58(54)56)52-33-27-43(28-34-52)48-17-9-18-49(38-48)50-24-23-41-13-4-5-14-45(41)39-50/h1-39H. The highest BCUT2D eigenvalue weighted by Crippen LogP contribution is 2.42. The van der Waals surface area contributed by atoms with Crippen LogP contribution in [-0.2, 0) is 0 Å². The van der Waals surface area contributed by atoms with Gasteiger partial charge in [0.2, 0.25) is 0 Å². The van der Waals surface area contributed by atoms with Gasteiger partial charge < -0.3 is 4.90 Å². The quantitative estimate of drug-likeness (QED) is 0.148. The number of fused-ring (bicyclic) bond motifs is 4. The van der Waals surface area contributed by atoms with Gasteiger partial charge >= 0.3 is 0 Å². The van der Waals surface area contributed by atoms with Crippen LogP contribution < -0.4 is 4.90 Å². The van der Waals surface area contributed by atoms with Gasteiger partial charge in [-0.25, -0.2) is 0 Å². The van der Waals surface area contributed by atoms with E-state index in [-0.39, 0.29) is 0 Å². The summed E-state index contributed by atoms with van der Waals surface area (Å²) in [5.74, 6) is 0. The molecule has 0 saturated carbocycles. The zero-order valence-electron chi connectivity index (χ0n) is 32.9. The van der Waals surface area contributed by atoms with Crippen molar-refractivity contribution in [3.05, 3.63) is 237 Å². The predicted molar refractivity (Wildman–Crippen MR) is 259 cm³/mol. The summed E-state index contributed by atoms with van der Waals surface area (Å²) in [6, 6.07) is 86.0. The van der Waals surface area contributed by atoms with E-state index in [1.54, 1.807) is 0 Å². The third kappa shape index (κ3) is 6.73. The second-order valence-corrected chi connectivity index (χ2v) is 16.4. The van der Waals surface area contributed by atoms with Crippen LogP contribution in [0, 0.1) is 0 Å².